The summed E-state index contributed by atoms with van der Waals surface area (Å²) in [6.07, 6.45) is -3.10. The van der Waals surface area contributed by atoms with Gasteiger partial charge < -0.3 is 14.2 Å². The highest BCUT2D eigenvalue weighted by Gasteiger charge is 2.32. The first-order chi connectivity index (χ1) is 9.81. The Labute approximate surface area is 128 Å². The highest BCUT2D eigenvalue weighted by atomic mass is 79.9. The SMILES string of the molecule is CCCCOC(=O)COc1ccc(OC(F)(F)F)c(Br)c1. The summed E-state index contributed by atoms with van der Waals surface area (Å²) in [5.41, 5.74) is 0. The monoisotopic (exact) mass is 370 g/mol. The molecule has 0 unspecified atom stereocenters. The van der Waals surface area contributed by atoms with Crippen molar-refractivity contribution in [2.75, 3.05) is 13.2 Å². The topological polar surface area (TPSA) is 44.8 Å². The van der Waals surface area contributed by atoms with Gasteiger partial charge in [-0.15, -0.1) is 13.2 Å². The number of esters is 1. The molecule has 1 rings (SSSR count). The molecule has 21 heavy (non-hydrogen) atoms. The number of hydrogen-bond acceptors (Lipinski definition) is 4. The molecule has 118 valence electrons. The summed E-state index contributed by atoms with van der Waals surface area (Å²) < 4.78 is 50.1. The molecule has 0 aliphatic rings. The lowest BCUT2D eigenvalue weighted by Gasteiger charge is -2.12. The van der Waals surface area contributed by atoms with Gasteiger partial charge in [-0.05, 0) is 40.5 Å². The van der Waals surface area contributed by atoms with Crippen LogP contribution in [0.15, 0.2) is 22.7 Å². The molecule has 0 N–H and O–H groups in total. The molecule has 0 amide bonds. The largest absolute Gasteiger partial charge is 0.573 e. The standard InChI is InChI=1S/C13H14BrF3O4/c1-2-3-6-19-12(18)8-20-9-4-5-11(10(14)7-9)21-13(15,16)17/h4-5,7H,2-3,6,8H2,1H3. The van der Waals surface area contributed by atoms with Crippen molar-refractivity contribution in [3.05, 3.63) is 22.7 Å². The van der Waals surface area contributed by atoms with Crippen LogP contribution in [0.1, 0.15) is 19.8 Å². The summed E-state index contributed by atoms with van der Waals surface area (Å²) in [5, 5.41) is 0. The molecule has 0 radical (unpaired) electrons. The van der Waals surface area contributed by atoms with Gasteiger partial charge in [0.1, 0.15) is 11.5 Å². The third-order valence-electron chi connectivity index (χ3n) is 2.25. The Hall–Kier alpha value is -1.44. The summed E-state index contributed by atoms with van der Waals surface area (Å²) in [7, 11) is 0. The second-order valence-electron chi connectivity index (χ2n) is 4.00. The van der Waals surface area contributed by atoms with E-state index in [2.05, 4.69) is 20.7 Å². The maximum absolute atomic E-state index is 12.1. The number of carbonyl (C=O) groups excluding carboxylic acids is 1. The minimum atomic E-state index is -4.77. The van der Waals surface area contributed by atoms with Crippen molar-refractivity contribution in [2.24, 2.45) is 0 Å². The third kappa shape index (κ3) is 7.22. The Morgan fingerprint density at radius 1 is 1.33 bits per heavy atom. The summed E-state index contributed by atoms with van der Waals surface area (Å²) >= 11 is 2.94. The Kier molecular flexibility index (Phi) is 6.80. The van der Waals surface area contributed by atoms with Crippen LogP contribution in [0, 0.1) is 0 Å². The van der Waals surface area contributed by atoms with Crippen LogP contribution in [-0.4, -0.2) is 25.5 Å². The van der Waals surface area contributed by atoms with E-state index >= 15 is 0 Å². The van der Waals surface area contributed by atoms with Crippen molar-refractivity contribution in [1.82, 2.24) is 0 Å². The third-order valence-corrected chi connectivity index (χ3v) is 2.87. The molecule has 0 saturated heterocycles. The number of benzene rings is 1. The lowest BCUT2D eigenvalue weighted by Crippen LogP contribution is -2.17. The van der Waals surface area contributed by atoms with E-state index in [0.717, 1.165) is 18.9 Å². The molecule has 0 bridgehead atoms. The van der Waals surface area contributed by atoms with E-state index in [9.17, 15) is 18.0 Å². The lowest BCUT2D eigenvalue weighted by molar-refractivity contribution is -0.274. The molecule has 0 spiro atoms. The molecule has 0 heterocycles. The zero-order valence-corrected chi connectivity index (χ0v) is 12.8. The Morgan fingerprint density at radius 2 is 2.05 bits per heavy atom. The van der Waals surface area contributed by atoms with Crippen molar-refractivity contribution in [3.63, 3.8) is 0 Å². The fraction of sp³-hybridized carbons (Fsp3) is 0.462. The van der Waals surface area contributed by atoms with E-state index in [4.69, 9.17) is 9.47 Å². The predicted molar refractivity (Wildman–Crippen MR) is 72.2 cm³/mol. The maximum Gasteiger partial charge on any atom is 0.573 e. The van der Waals surface area contributed by atoms with Gasteiger partial charge in [-0.1, -0.05) is 13.3 Å². The van der Waals surface area contributed by atoms with Crippen molar-refractivity contribution in [1.29, 1.82) is 0 Å². The van der Waals surface area contributed by atoms with Crippen molar-refractivity contribution < 1.29 is 32.2 Å². The molecule has 0 fully saturated rings. The average Bonchev–Trinajstić information content (AvgIpc) is 2.38. The first-order valence-corrected chi connectivity index (χ1v) is 6.95. The zero-order valence-electron chi connectivity index (χ0n) is 11.2. The maximum atomic E-state index is 12.1. The fourth-order valence-electron chi connectivity index (χ4n) is 1.29. The van der Waals surface area contributed by atoms with Crippen LogP contribution >= 0.6 is 15.9 Å². The van der Waals surface area contributed by atoms with Gasteiger partial charge in [-0.25, -0.2) is 4.79 Å². The quantitative estimate of drug-likeness (QED) is 0.536. The average molecular weight is 371 g/mol. The van der Waals surface area contributed by atoms with Crippen molar-refractivity contribution >= 4 is 21.9 Å². The Morgan fingerprint density at radius 3 is 2.62 bits per heavy atom. The van der Waals surface area contributed by atoms with Gasteiger partial charge in [0.2, 0.25) is 0 Å². The highest BCUT2D eigenvalue weighted by molar-refractivity contribution is 9.10. The van der Waals surface area contributed by atoms with Crippen LogP contribution in [0.25, 0.3) is 0 Å². The van der Waals surface area contributed by atoms with Crippen LogP contribution in [0.3, 0.4) is 0 Å². The molecule has 0 aliphatic heterocycles. The molecule has 8 heteroatoms. The smallest absolute Gasteiger partial charge is 0.482 e. The van der Waals surface area contributed by atoms with E-state index in [1.54, 1.807) is 0 Å². The fourth-order valence-corrected chi connectivity index (χ4v) is 1.73. The predicted octanol–water partition coefficient (Wildman–Crippen LogP) is 4.07. The molecule has 0 saturated carbocycles. The number of ether oxygens (including phenoxy) is 3. The van der Waals surface area contributed by atoms with Gasteiger partial charge in [0, 0.05) is 0 Å². The van der Waals surface area contributed by atoms with Crippen LogP contribution in [0.2, 0.25) is 0 Å². The minimum absolute atomic E-state index is 0.0664. The van der Waals surface area contributed by atoms with Gasteiger partial charge in [0.15, 0.2) is 6.61 Å². The summed E-state index contributed by atoms with van der Waals surface area (Å²) in [6, 6.07) is 3.64. The Bertz CT molecular complexity index is 477. The number of unbranched alkanes of at least 4 members (excludes halogenated alkanes) is 1. The van der Waals surface area contributed by atoms with Gasteiger partial charge in [-0.3, -0.25) is 0 Å². The second kappa shape index (κ2) is 8.11. The molecule has 0 aliphatic carbocycles. The summed E-state index contributed by atoms with van der Waals surface area (Å²) in [6.45, 7) is 1.98. The van der Waals surface area contributed by atoms with Crippen LogP contribution < -0.4 is 9.47 Å². The number of halogens is 4. The first-order valence-electron chi connectivity index (χ1n) is 6.15. The van der Waals surface area contributed by atoms with Crippen LogP contribution in [0.4, 0.5) is 13.2 Å². The number of carbonyl (C=O) groups is 1. The van der Waals surface area contributed by atoms with E-state index in [1.807, 2.05) is 6.92 Å². The highest BCUT2D eigenvalue weighted by Crippen LogP contribution is 2.33. The zero-order chi connectivity index (χ0) is 15.9. The van der Waals surface area contributed by atoms with Gasteiger partial charge in [0.25, 0.3) is 0 Å². The number of alkyl halides is 3. The normalized spacial score (nSPS) is 11.1. The number of rotatable bonds is 7. The van der Waals surface area contributed by atoms with Crippen LogP contribution in [0.5, 0.6) is 11.5 Å². The molecular weight excluding hydrogens is 357 g/mol. The number of hydrogen-bond donors (Lipinski definition) is 0. The molecule has 1 aromatic rings. The van der Waals surface area contributed by atoms with E-state index in [-0.39, 0.29) is 22.6 Å². The van der Waals surface area contributed by atoms with E-state index in [0.29, 0.717) is 6.61 Å². The van der Waals surface area contributed by atoms with Crippen LogP contribution in [-0.2, 0) is 9.53 Å². The molecule has 1 aromatic carbocycles. The summed E-state index contributed by atoms with van der Waals surface area (Å²) in [5.74, 6) is -0.695. The summed E-state index contributed by atoms with van der Waals surface area (Å²) in [4.78, 5) is 11.3. The first kappa shape index (κ1) is 17.6. The molecule has 4 nitrogen and oxygen atoms in total. The molecule has 0 aromatic heterocycles. The van der Waals surface area contributed by atoms with Crippen molar-refractivity contribution in [3.8, 4) is 11.5 Å². The van der Waals surface area contributed by atoms with Crippen molar-refractivity contribution in [2.45, 2.75) is 26.1 Å². The molecule has 0 atom stereocenters. The van der Waals surface area contributed by atoms with E-state index in [1.165, 1.54) is 12.1 Å². The van der Waals surface area contributed by atoms with Gasteiger partial charge in [0.05, 0.1) is 11.1 Å². The van der Waals surface area contributed by atoms with Gasteiger partial charge >= 0.3 is 12.3 Å². The Balaban J connectivity index is 2.50. The molecular formula is C13H14BrF3O4. The minimum Gasteiger partial charge on any atom is -0.482 e. The van der Waals surface area contributed by atoms with Gasteiger partial charge in [-0.2, -0.15) is 0 Å². The lowest BCUT2D eigenvalue weighted by atomic mass is 10.3. The van der Waals surface area contributed by atoms with E-state index < -0.39 is 12.3 Å². The second-order valence-corrected chi connectivity index (χ2v) is 4.86.